The molecular formula is C30H28O5. The number of esters is 1. The maximum atomic E-state index is 13.1. The summed E-state index contributed by atoms with van der Waals surface area (Å²) in [4.78, 5) is 25.8. The minimum atomic E-state index is -0.357. The Morgan fingerprint density at radius 1 is 0.914 bits per heavy atom. The highest BCUT2D eigenvalue weighted by molar-refractivity contribution is 5.96. The Morgan fingerprint density at radius 2 is 1.66 bits per heavy atom. The fourth-order valence-electron chi connectivity index (χ4n) is 4.70. The van der Waals surface area contributed by atoms with E-state index in [1.807, 2.05) is 74.5 Å². The summed E-state index contributed by atoms with van der Waals surface area (Å²) in [5.74, 6) is 0.190. The lowest BCUT2D eigenvalue weighted by molar-refractivity contribution is -0.132. The first-order valence-electron chi connectivity index (χ1n) is 12.0. The zero-order valence-electron chi connectivity index (χ0n) is 19.9. The Balaban J connectivity index is 1.20. The molecule has 0 bridgehead atoms. The number of ether oxygens (including phenoxy) is 3. The number of allylic oxidation sites excluding steroid dienone is 1. The molecule has 3 aromatic rings. The topological polar surface area (TPSA) is 61.8 Å². The Bertz CT molecular complexity index is 1260. The van der Waals surface area contributed by atoms with Gasteiger partial charge in [0.15, 0.2) is 0 Å². The number of fused-ring (bicyclic) bond motifs is 1. The molecule has 3 unspecified atom stereocenters. The Hall–Kier alpha value is -3.86. The van der Waals surface area contributed by atoms with Gasteiger partial charge in [0.2, 0.25) is 11.5 Å². The predicted molar refractivity (Wildman–Crippen MR) is 133 cm³/mol. The van der Waals surface area contributed by atoms with Gasteiger partial charge in [-0.15, -0.1) is 0 Å². The number of aryl methyl sites for hydroxylation is 2. The molecule has 0 amide bonds. The van der Waals surface area contributed by atoms with Gasteiger partial charge >= 0.3 is 5.97 Å². The molecule has 1 aliphatic heterocycles. The second-order valence-corrected chi connectivity index (χ2v) is 9.28. The average molecular weight is 469 g/mol. The van der Waals surface area contributed by atoms with Gasteiger partial charge in [-0.2, -0.15) is 0 Å². The van der Waals surface area contributed by atoms with Gasteiger partial charge in [0.05, 0.1) is 11.5 Å². The first kappa shape index (κ1) is 22.9. The molecule has 0 aromatic heterocycles. The summed E-state index contributed by atoms with van der Waals surface area (Å²) in [6.07, 6.45) is 2.48. The second kappa shape index (κ2) is 9.79. The maximum Gasteiger partial charge on any atom is 0.338 e. The van der Waals surface area contributed by atoms with Crippen LogP contribution in [0.4, 0.5) is 0 Å². The smallest absolute Gasteiger partial charge is 0.338 e. The largest absolute Gasteiger partial charge is 0.493 e. The minimum absolute atomic E-state index is 0.0524. The molecule has 3 aromatic carbocycles. The average Bonchev–Trinajstić information content (AvgIpc) is 2.88. The van der Waals surface area contributed by atoms with E-state index < -0.39 is 0 Å². The van der Waals surface area contributed by atoms with E-state index in [1.165, 1.54) is 6.26 Å². The van der Waals surface area contributed by atoms with Crippen molar-refractivity contribution >= 4 is 11.8 Å². The number of Topliss-reactive ketones (excluding diaryl/α,β-unsaturated/α-hetero) is 1. The van der Waals surface area contributed by atoms with Crippen molar-refractivity contribution in [2.75, 3.05) is 0 Å². The number of hydrogen-bond donors (Lipinski definition) is 0. The summed E-state index contributed by atoms with van der Waals surface area (Å²) in [6.45, 7) is 3.93. The van der Waals surface area contributed by atoms with Crippen LogP contribution in [0.1, 0.15) is 40.7 Å². The predicted octanol–water partition coefficient (Wildman–Crippen LogP) is 6.18. The third kappa shape index (κ3) is 4.99. The molecule has 5 nitrogen and oxygen atoms in total. The SMILES string of the molecule is Cc1ccc(C)c(OC2=COC3CC(OC(=O)c4ccc(-c5ccccc5)cc4)CCC3C2=O)c1. The molecule has 3 atom stereocenters. The van der Waals surface area contributed by atoms with Crippen molar-refractivity contribution in [2.45, 2.75) is 45.3 Å². The van der Waals surface area contributed by atoms with Gasteiger partial charge in [-0.3, -0.25) is 4.79 Å². The number of hydrogen-bond acceptors (Lipinski definition) is 5. The monoisotopic (exact) mass is 468 g/mol. The van der Waals surface area contributed by atoms with Crippen molar-refractivity contribution < 1.29 is 23.8 Å². The van der Waals surface area contributed by atoms with E-state index in [-0.39, 0.29) is 35.6 Å². The van der Waals surface area contributed by atoms with Gasteiger partial charge in [0.25, 0.3) is 0 Å². The molecule has 0 saturated heterocycles. The third-order valence-electron chi connectivity index (χ3n) is 6.74. The van der Waals surface area contributed by atoms with Crippen LogP contribution in [-0.4, -0.2) is 24.0 Å². The number of benzene rings is 3. The van der Waals surface area contributed by atoms with E-state index >= 15 is 0 Å². The van der Waals surface area contributed by atoms with Crippen LogP contribution < -0.4 is 4.74 Å². The van der Waals surface area contributed by atoms with Crippen molar-refractivity contribution in [1.29, 1.82) is 0 Å². The van der Waals surface area contributed by atoms with Crippen molar-refractivity contribution in [2.24, 2.45) is 5.92 Å². The fourth-order valence-corrected chi connectivity index (χ4v) is 4.70. The first-order valence-corrected chi connectivity index (χ1v) is 12.0. The van der Waals surface area contributed by atoms with Gasteiger partial charge in [-0.25, -0.2) is 4.79 Å². The lowest BCUT2D eigenvalue weighted by Gasteiger charge is -2.36. The van der Waals surface area contributed by atoms with Crippen LogP contribution >= 0.6 is 0 Å². The third-order valence-corrected chi connectivity index (χ3v) is 6.74. The normalized spacial score (nSPS) is 21.4. The molecule has 35 heavy (non-hydrogen) atoms. The van der Waals surface area contributed by atoms with Gasteiger partial charge in [0, 0.05) is 6.42 Å². The molecule has 2 aliphatic rings. The van der Waals surface area contributed by atoms with E-state index in [9.17, 15) is 9.59 Å². The number of carbonyl (C=O) groups is 2. The molecule has 1 aliphatic carbocycles. The lowest BCUT2D eigenvalue weighted by Crippen LogP contribution is -2.43. The zero-order chi connectivity index (χ0) is 24.4. The van der Waals surface area contributed by atoms with Crippen molar-refractivity contribution in [3.05, 3.63) is 102 Å². The molecule has 178 valence electrons. The summed E-state index contributed by atoms with van der Waals surface area (Å²) >= 11 is 0. The summed E-state index contributed by atoms with van der Waals surface area (Å²) in [7, 11) is 0. The molecule has 0 radical (unpaired) electrons. The number of carbonyl (C=O) groups excluding carboxylic acids is 2. The van der Waals surface area contributed by atoms with Crippen molar-refractivity contribution in [3.8, 4) is 16.9 Å². The van der Waals surface area contributed by atoms with Crippen LogP contribution in [0, 0.1) is 19.8 Å². The second-order valence-electron chi connectivity index (χ2n) is 9.28. The molecule has 5 rings (SSSR count). The number of rotatable bonds is 5. The van der Waals surface area contributed by atoms with Crippen LogP contribution in [0.2, 0.25) is 0 Å². The highest BCUT2D eigenvalue weighted by atomic mass is 16.6. The summed E-state index contributed by atoms with van der Waals surface area (Å²) in [5.41, 5.74) is 4.67. The fraction of sp³-hybridized carbons (Fsp3) is 0.267. The molecular weight excluding hydrogens is 440 g/mol. The van der Waals surface area contributed by atoms with Crippen molar-refractivity contribution in [3.63, 3.8) is 0 Å². The van der Waals surface area contributed by atoms with Gasteiger partial charge in [-0.1, -0.05) is 54.6 Å². The van der Waals surface area contributed by atoms with E-state index in [4.69, 9.17) is 14.2 Å². The Kier molecular flexibility index (Phi) is 6.41. The molecule has 1 heterocycles. The summed E-state index contributed by atoms with van der Waals surface area (Å²) in [5, 5.41) is 0. The van der Waals surface area contributed by atoms with Crippen LogP contribution in [0.25, 0.3) is 11.1 Å². The van der Waals surface area contributed by atoms with Gasteiger partial charge < -0.3 is 14.2 Å². The van der Waals surface area contributed by atoms with E-state index in [0.717, 1.165) is 22.3 Å². The Labute approximate surface area is 205 Å². The van der Waals surface area contributed by atoms with Crippen LogP contribution in [0.15, 0.2) is 84.8 Å². The van der Waals surface area contributed by atoms with E-state index in [1.54, 1.807) is 12.1 Å². The molecule has 1 fully saturated rings. The van der Waals surface area contributed by atoms with E-state index in [0.29, 0.717) is 30.6 Å². The zero-order valence-corrected chi connectivity index (χ0v) is 19.9. The standard InChI is InChI=1S/C30H28O5/c1-19-8-9-20(2)26(16-19)35-28-18-33-27-17-24(14-15-25(27)29(28)31)34-30(32)23-12-10-22(11-13-23)21-6-4-3-5-7-21/h3-13,16,18,24-25,27H,14-15,17H2,1-2H3. The summed E-state index contributed by atoms with van der Waals surface area (Å²) in [6, 6.07) is 23.3. The maximum absolute atomic E-state index is 13.1. The first-order chi connectivity index (χ1) is 17.0. The summed E-state index contributed by atoms with van der Waals surface area (Å²) < 4.78 is 17.6. The lowest BCUT2D eigenvalue weighted by atomic mass is 9.80. The highest BCUT2D eigenvalue weighted by Gasteiger charge is 2.42. The van der Waals surface area contributed by atoms with Crippen LogP contribution in [0.3, 0.4) is 0 Å². The molecule has 0 spiro atoms. The highest BCUT2D eigenvalue weighted by Crippen LogP contribution is 2.36. The Morgan fingerprint density at radius 3 is 2.43 bits per heavy atom. The molecule has 0 N–H and O–H groups in total. The molecule has 1 saturated carbocycles. The van der Waals surface area contributed by atoms with E-state index in [2.05, 4.69) is 0 Å². The van der Waals surface area contributed by atoms with Gasteiger partial charge in [-0.05, 0) is 67.1 Å². The minimum Gasteiger partial charge on any atom is -0.493 e. The van der Waals surface area contributed by atoms with Crippen molar-refractivity contribution in [1.82, 2.24) is 0 Å². The number of ketones is 1. The van der Waals surface area contributed by atoms with Gasteiger partial charge in [0.1, 0.15) is 24.2 Å². The van der Waals surface area contributed by atoms with Crippen LogP contribution in [0.5, 0.6) is 5.75 Å². The van der Waals surface area contributed by atoms with Crippen LogP contribution in [-0.2, 0) is 14.3 Å². The quantitative estimate of drug-likeness (QED) is 0.418. The molecule has 5 heteroatoms.